The zero-order chi connectivity index (χ0) is 13.9. The summed E-state index contributed by atoms with van der Waals surface area (Å²) >= 11 is 0. The third-order valence-corrected chi connectivity index (χ3v) is 4.39. The highest BCUT2D eigenvalue weighted by Gasteiger charge is 2.28. The number of hydrogen-bond acceptors (Lipinski definition) is 2. The van der Waals surface area contributed by atoms with Gasteiger partial charge in [-0.25, -0.2) is 0 Å². The Labute approximate surface area is 120 Å². The van der Waals surface area contributed by atoms with E-state index in [1.807, 2.05) is 12.1 Å². The zero-order valence-electron chi connectivity index (χ0n) is 11.9. The van der Waals surface area contributed by atoms with Gasteiger partial charge in [-0.3, -0.25) is 0 Å². The van der Waals surface area contributed by atoms with E-state index < -0.39 is 0 Å². The molecule has 0 spiro atoms. The molecular formula is C17H22NO2+. The molecule has 3 nitrogen and oxygen atoms in total. The van der Waals surface area contributed by atoms with Gasteiger partial charge < -0.3 is 15.2 Å². The molecule has 0 aromatic heterocycles. The van der Waals surface area contributed by atoms with Crippen LogP contribution in [0.4, 0.5) is 0 Å². The van der Waals surface area contributed by atoms with E-state index in [0.29, 0.717) is 11.8 Å². The average molecular weight is 272 g/mol. The fourth-order valence-corrected chi connectivity index (χ4v) is 3.28. The van der Waals surface area contributed by atoms with Crippen molar-refractivity contribution in [3.8, 4) is 5.75 Å². The fourth-order valence-electron chi connectivity index (χ4n) is 3.28. The van der Waals surface area contributed by atoms with Crippen LogP contribution in [0, 0.1) is 0 Å². The van der Waals surface area contributed by atoms with Crippen LogP contribution in [0.1, 0.15) is 24.8 Å². The van der Waals surface area contributed by atoms with Crippen molar-refractivity contribution in [1.29, 1.82) is 0 Å². The number of ether oxygens (including phenoxy) is 1. The molecule has 1 heterocycles. The first-order chi connectivity index (χ1) is 9.76. The van der Waals surface area contributed by atoms with Crippen molar-refractivity contribution in [2.24, 2.45) is 0 Å². The van der Waals surface area contributed by atoms with E-state index in [0.717, 1.165) is 25.0 Å². The molecule has 1 aliphatic carbocycles. The highest BCUT2D eigenvalue weighted by atomic mass is 16.5. The van der Waals surface area contributed by atoms with Crippen molar-refractivity contribution in [2.75, 3.05) is 13.7 Å². The van der Waals surface area contributed by atoms with Crippen molar-refractivity contribution in [3.63, 3.8) is 0 Å². The van der Waals surface area contributed by atoms with E-state index in [2.05, 4.69) is 11.4 Å². The van der Waals surface area contributed by atoms with Gasteiger partial charge in [0.15, 0.2) is 0 Å². The second kappa shape index (κ2) is 5.71. The molecule has 0 fully saturated rings. The fraction of sp³-hybridized carbons (Fsp3) is 0.412. The summed E-state index contributed by atoms with van der Waals surface area (Å²) in [6.45, 7) is 1.17. The summed E-state index contributed by atoms with van der Waals surface area (Å²) in [7, 11) is 1.76. The molecule has 20 heavy (non-hydrogen) atoms. The number of quaternary nitrogens is 1. The minimum atomic E-state index is 0.339. The number of phenols is 1. The van der Waals surface area contributed by atoms with Crippen molar-refractivity contribution in [3.05, 3.63) is 52.8 Å². The van der Waals surface area contributed by atoms with Crippen LogP contribution in [-0.2, 0) is 11.2 Å². The lowest BCUT2D eigenvalue weighted by atomic mass is 9.84. The Kier molecular flexibility index (Phi) is 3.79. The lowest BCUT2D eigenvalue weighted by molar-refractivity contribution is -0.683. The Morgan fingerprint density at radius 3 is 2.85 bits per heavy atom. The Morgan fingerprint density at radius 2 is 2.10 bits per heavy atom. The Bertz CT molecular complexity index is 543. The standard InChI is InChI=1S/C17H21NO2/c1-20-15-6-7-16-13(11-15)8-9-18-17(16)10-12-2-4-14(19)5-3-12/h2-6,17-19H,7-11H2,1H3/p+1/t17-/m0/s1. The van der Waals surface area contributed by atoms with Gasteiger partial charge in [0.1, 0.15) is 11.8 Å². The van der Waals surface area contributed by atoms with E-state index in [-0.39, 0.29) is 0 Å². The maximum absolute atomic E-state index is 9.37. The molecule has 1 aliphatic heterocycles. The molecule has 1 aromatic rings. The molecule has 1 aromatic carbocycles. The third-order valence-electron chi connectivity index (χ3n) is 4.39. The third kappa shape index (κ3) is 2.73. The molecule has 3 N–H and O–H groups in total. The number of methoxy groups -OCH3 is 1. The van der Waals surface area contributed by atoms with Gasteiger partial charge in [-0.2, -0.15) is 0 Å². The van der Waals surface area contributed by atoms with Crippen LogP contribution < -0.4 is 5.32 Å². The van der Waals surface area contributed by atoms with Gasteiger partial charge >= 0.3 is 0 Å². The topological polar surface area (TPSA) is 46.1 Å². The smallest absolute Gasteiger partial charge is 0.115 e. The average Bonchev–Trinajstić information content (AvgIpc) is 2.49. The van der Waals surface area contributed by atoms with Gasteiger partial charge in [0, 0.05) is 19.3 Å². The first-order valence-corrected chi connectivity index (χ1v) is 7.31. The van der Waals surface area contributed by atoms with Crippen LogP contribution in [0.15, 0.2) is 47.2 Å². The van der Waals surface area contributed by atoms with E-state index in [9.17, 15) is 5.11 Å². The zero-order valence-corrected chi connectivity index (χ0v) is 11.9. The monoisotopic (exact) mass is 272 g/mol. The molecule has 0 unspecified atom stereocenters. The van der Waals surface area contributed by atoms with Gasteiger partial charge in [0.25, 0.3) is 0 Å². The van der Waals surface area contributed by atoms with Crippen LogP contribution in [-0.4, -0.2) is 24.8 Å². The Hall–Kier alpha value is -1.74. The number of aromatic hydroxyl groups is 1. The Morgan fingerprint density at radius 1 is 1.30 bits per heavy atom. The summed E-state index contributed by atoms with van der Waals surface area (Å²) in [5.41, 5.74) is 4.46. The summed E-state index contributed by atoms with van der Waals surface area (Å²) < 4.78 is 5.40. The second-order valence-electron chi connectivity index (χ2n) is 5.64. The molecule has 0 radical (unpaired) electrons. The maximum Gasteiger partial charge on any atom is 0.115 e. The quantitative estimate of drug-likeness (QED) is 0.825. The Balaban J connectivity index is 1.75. The highest BCUT2D eigenvalue weighted by Crippen LogP contribution is 2.30. The number of phenolic OH excluding ortho intramolecular Hbond substituents is 1. The van der Waals surface area contributed by atoms with Gasteiger partial charge in [0.2, 0.25) is 0 Å². The lowest BCUT2D eigenvalue weighted by Crippen LogP contribution is -2.92. The molecular weight excluding hydrogens is 250 g/mol. The first kappa shape index (κ1) is 13.3. The van der Waals surface area contributed by atoms with E-state index in [1.165, 1.54) is 18.5 Å². The molecule has 1 atom stereocenters. The van der Waals surface area contributed by atoms with Gasteiger partial charge in [-0.15, -0.1) is 0 Å². The molecule has 0 bridgehead atoms. The number of benzene rings is 1. The normalized spacial score (nSPS) is 22.2. The number of nitrogens with two attached hydrogens (primary N) is 1. The molecule has 3 rings (SSSR count). The van der Waals surface area contributed by atoms with Crippen molar-refractivity contribution < 1.29 is 15.2 Å². The maximum atomic E-state index is 9.37. The van der Waals surface area contributed by atoms with Crippen molar-refractivity contribution in [1.82, 2.24) is 0 Å². The van der Waals surface area contributed by atoms with Crippen LogP contribution in [0.5, 0.6) is 5.75 Å². The number of hydrogen-bond donors (Lipinski definition) is 2. The second-order valence-corrected chi connectivity index (χ2v) is 5.64. The van der Waals surface area contributed by atoms with E-state index in [4.69, 9.17) is 4.74 Å². The molecule has 0 saturated carbocycles. The summed E-state index contributed by atoms with van der Waals surface area (Å²) in [6.07, 6.45) is 6.46. The minimum absolute atomic E-state index is 0.339. The van der Waals surface area contributed by atoms with Crippen LogP contribution in [0.2, 0.25) is 0 Å². The summed E-state index contributed by atoms with van der Waals surface area (Å²) in [5.74, 6) is 1.46. The molecule has 0 amide bonds. The van der Waals surface area contributed by atoms with Crippen molar-refractivity contribution >= 4 is 0 Å². The lowest BCUT2D eigenvalue weighted by Gasteiger charge is -2.29. The van der Waals surface area contributed by atoms with E-state index >= 15 is 0 Å². The highest BCUT2D eigenvalue weighted by molar-refractivity contribution is 5.33. The van der Waals surface area contributed by atoms with Crippen LogP contribution in [0.25, 0.3) is 0 Å². The van der Waals surface area contributed by atoms with Crippen LogP contribution in [0.3, 0.4) is 0 Å². The molecule has 106 valence electrons. The van der Waals surface area contributed by atoms with E-state index in [1.54, 1.807) is 30.4 Å². The van der Waals surface area contributed by atoms with Gasteiger partial charge in [0.05, 0.1) is 19.4 Å². The number of allylic oxidation sites excluding steroid dienone is 2. The summed E-state index contributed by atoms with van der Waals surface area (Å²) in [6, 6.07) is 8.14. The first-order valence-electron chi connectivity index (χ1n) is 7.31. The SMILES string of the molecule is COC1=CCC2=C(CC[NH2+][C@H]2Cc2ccc(O)cc2)C1. The predicted octanol–water partition coefficient (Wildman–Crippen LogP) is 1.89. The van der Waals surface area contributed by atoms with Gasteiger partial charge in [-0.1, -0.05) is 17.7 Å². The largest absolute Gasteiger partial charge is 0.508 e. The molecule has 2 aliphatic rings. The van der Waals surface area contributed by atoms with Crippen LogP contribution >= 0.6 is 0 Å². The molecule has 0 saturated heterocycles. The number of rotatable bonds is 3. The summed E-state index contributed by atoms with van der Waals surface area (Å²) in [4.78, 5) is 0. The minimum Gasteiger partial charge on any atom is -0.508 e. The summed E-state index contributed by atoms with van der Waals surface area (Å²) in [5, 5.41) is 11.8. The predicted molar refractivity (Wildman–Crippen MR) is 78.4 cm³/mol. The molecule has 3 heteroatoms. The van der Waals surface area contributed by atoms with Gasteiger partial charge in [-0.05, 0) is 35.8 Å². The van der Waals surface area contributed by atoms with Crippen molar-refractivity contribution in [2.45, 2.75) is 31.7 Å².